The number of hydrogen-bond donors (Lipinski definition) is 1. The molecule has 0 radical (unpaired) electrons. The zero-order chi connectivity index (χ0) is 19.5. The molecule has 2 rings (SSSR count). The van der Waals surface area contributed by atoms with E-state index in [1.54, 1.807) is 12.1 Å². The molecule has 2 N–H and O–H groups in total. The molecule has 1 saturated heterocycles. The highest BCUT2D eigenvalue weighted by Gasteiger charge is 2.29. The number of nitrogens with two attached hydrogens (primary N) is 1. The number of halogens is 1. The first-order valence-corrected chi connectivity index (χ1v) is 10.8. The molecular weight excluding hydrogens is 386 g/mol. The van der Waals surface area contributed by atoms with E-state index < -0.39 is 10.0 Å². The fourth-order valence-corrected chi connectivity index (χ4v) is 4.98. The van der Waals surface area contributed by atoms with E-state index in [4.69, 9.17) is 5.73 Å². The summed E-state index contributed by atoms with van der Waals surface area (Å²) in [7, 11) is -3.59. The second-order valence-corrected chi connectivity index (χ2v) is 9.02. The quantitative estimate of drug-likeness (QED) is 0.771. The predicted octanol–water partition coefficient (Wildman–Crippen LogP) is 2.65. The minimum Gasteiger partial charge on any atom is -0.338 e. The Morgan fingerprint density at radius 3 is 2.52 bits per heavy atom. The van der Waals surface area contributed by atoms with Crippen LogP contribution < -0.4 is 5.73 Å². The maximum absolute atomic E-state index is 13.1. The Balaban J connectivity index is 0.00000364. The summed E-state index contributed by atoms with van der Waals surface area (Å²) in [5.74, 6) is 0.181. The number of aryl methyl sites for hydroxylation is 1. The van der Waals surface area contributed by atoms with Crippen LogP contribution in [-0.4, -0.2) is 55.8 Å². The lowest BCUT2D eigenvalue weighted by atomic mass is 9.91. The number of carbonyl (C=O) groups is 1. The highest BCUT2D eigenvalue weighted by molar-refractivity contribution is 7.89. The maximum Gasteiger partial charge on any atom is 0.254 e. The zero-order valence-corrected chi connectivity index (χ0v) is 18.3. The number of sulfonamides is 1. The van der Waals surface area contributed by atoms with Gasteiger partial charge in [0.25, 0.3) is 5.91 Å². The van der Waals surface area contributed by atoms with Crippen molar-refractivity contribution in [2.75, 3.05) is 26.2 Å². The van der Waals surface area contributed by atoms with Crippen molar-refractivity contribution in [3.05, 3.63) is 29.3 Å². The van der Waals surface area contributed by atoms with E-state index in [0.29, 0.717) is 31.7 Å². The minimum atomic E-state index is -3.59. The Labute approximate surface area is 169 Å². The van der Waals surface area contributed by atoms with Crippen LogP contribution in [0.15, 0.2) is 23.1 Å². The van der Waals surface area contributed by atoms with Crippen LogP contribution in [0.1, 0.15) is 49.5 Å². The van der Waals surface area contributed by atoms with Gasteiger partial charge in [0.1, 0.15) is 0 Å². The van der Waals surface area contributed by atoms with Crippen LogP contribution in [0.3, 0.4) is 0 Å². The normalized spacial score (nSPS) is 18.9. The van der Waals surface area contributed by atoms with Crippen molar-refractivity contribution in [3.8, 4) is 0 Å². The van der Waals surface area contributed by atoms with E-state index in [1.165, 1.54) is 10.4 Å². The first-order valence-electron chi connectivity index (χ1n) is 9.38. The van der Waals surface area contributed by atoms with Gasteiger partial charge in [-0.1, -0.05) is 19.9 Å². The molecule has 6 nitrogen and oxygen atoms in total. The molecule has 1 heterocycles. The molecule has 1 fully saturated rings. The largest absolute Gasteiger partial charge is 0.338 e. The summed E-state index contributed by atoms with van der Waals surface area (Å²) in [4.78, 5) is 15.0. The average Bonchev–Trinajstić information content (AvgIpc) is 2.62. The molecule has 2 atom stereocenters. The van der Waals surface area contributed by atoms with E-state index in [9.17, 15) is 13.2 Å². The zero-order valence-electron chi connectivity index (χ0n) is 16.6. The summed E-state index contributed by atoms with van der Waals surface area (Å²) in [6.07, 6.45) is 1.95. The summed E-state index contributed by atoms with van der Waals surface area (Å²) >= 11 is 0. The summed E-state index contributed by atoms with van der Waals surface area (Å²) in [6.45, 7) is 9.55. The third-order valence-corrected chi connectivity index (χ3v) is 7.32. The number of carbonyl (C=O) groups excluding carboxylic acids is 1. The number of hydrogen-bond acceptors (Lipinski definition) is 4. The summed E-state index contributed by atoms with van der Waals surface area (Å²) in [5, 5.41) is 0. The molecule has 0 aliphatic carbocycles. The molecule has 0 saturated carbocycles. The number of benzene rings is 1. The number of likely N-dealkylation sites (tertiary alicyclic amines) is 1. The summed E-state index contributed by atoms with van der Waals surface area (Å²) < 4.78 is 27.0. The van der Waals surface area contributed by atoms with E-state index >= 15 is 0 Å². The van der Waals surface area contributed by atoms with Gasteiger partial charge in [-0.3, -0.25) is 4.79 Å². The average molecular weight is 418 g/mol. The third kappa shape index (κ3) is 5.22. The fraction of sp³-hybridized carbons (Fsp3) is 0.632. The highest BCUT2D eigenvalue weighted by Crippen LogP contribution is 2.24. The van der Waals surface area contributed by atoms with Gasteiger partial charge in [-0.2, -0.15) is 4.31 Å². The van der Waals surface area contributed by atoms with Gasteiger partial charge in [-0.25, -0.2) is 8.42 Å². The minimum absolute atomic E-state index is 0. The Morgan fingerprint density at radius 1 is 1.33 bits per heavy atom. The molecule has 1 aliphatic rings. The Hall–Kier alpha value is -1.15. The van der Waals surface area contributed by atoms with Crippen LogP contribution in [0.5, 0.6) is 0 Å². The van der Waals surface area contributed by atoms with E-state index in [0.717, 1.165) is 18.4 Å². The molecule has 1 amide bonds. The molecule has 1 aromatic carbocycles. The van der Waals surface area contributed by atoms with Crippen LogP contribution in [0.25, 0.3) is 0 Å². The number of piperidine rings is 1. The van der Waals surface area contributed by atoms with Crippen LogP contribution in [-0.2, 0) is 10.0 Å². The van der Waals surface area contributed by atoms with E-state index in [-0.39, 0.29) is 35.2 Å². The molecule has 27 heavy (non-hydrogen) atoms. The third-order valence-electron chi connectivity index (χ3n) is 5.27. The van der Waals surface area contributed by atoms with Gasteiger partial charge in [0.05, 0.1) is 4.90 Å². The van der Waals surface area contributed by atoms with Gasteiger partial charge in [-0.05, 0) is 50.3 Å². The van der Waals surface area contributed by atoms with Crippen molar-refractivity contribution >= 4 is 28.3 Å². The van der Waals surface area contributed by atoms with Gasteiger partial charge >= 0.3 is 0 Å². The Bertz CT molecular complexity index is 749. The van der Waals surface area contributed by atoms with Gasteiger partial charge in [-0.15, -0.1) is 12.4 Å². The van der Waals surface area contributed by atoms with Crippen molar-refractivity contribution in [2.24, 2.45) is 11.7 Å². The second-order valence-electron chi connectivity index (χ2n) is 7.08. The van der Waals surface area contributed by atoms with Gasteiger partial charge < -0.3 is 10.6 Å². The van der Waals surface area contributed by atoms with Crippen molar-refractivity contribution < 1.29 is 13.2 Å². The smallest absolute Gasteiger partial charge is 0.254 e. The van der Waals surface area contributed by atoms with Crippen LogP contribution in [0, 0.1) is 12.8 Å². The van der Waals surface area contributed by atoms with Gasteiger partial charge in [0, 0.05) is 37.8 Å². The molecule has 0 spiro atoms. The van der Waals surface area contributed by atoms with Crippen LogP contribution in [0.2, 0.25) is 0 Å². The molecule has 154 valence electrons. The lowest BCUT2D eigenvalue weighted by Crippen LogP contribution is -2.45. The topological polar surface area (TPSA) is 83.7 Å². The van der Waals surface area contributed by atoms with Crippen molar-refractivity contribution in [1.82, 2.24) is 9.21 Å². The number of rotatable bonds is 6. The predicted molar refractivity (Wildman–Crippen MR) is 111 cm³/mol. The Morgan fingerprint density at radius 2 is 1.96 bits per heavy atom. The number of amides is 1. The first-order chi connectivity index (χ1) is 12.2. The molecule has 1 aromatic rings. The summed E-state index contributed by atoms with van der Waals surface area (Å²) in [5.41, 5.74) is 7.27. The standard InChI is InChI=1S/C19H31N3O3S.ClH/c1-5-22(6-2)26(24,25)17-10-9-14(3)18(12-17)19(23)21-11-7-8-16(13-21)15(4)20;/h9-10,12,15-16H,5-8,11,13,20H2,1-4H3;1H. The first kappa shape index (κ1) is 23.9. The molecular formula is C19H32ClN3O3S. The van der Waals surface area contributed by atoms with Crippen molar-refractivity contribution in [1.29, 1.82) is 0 Å². The summed E-state index contributed by atoms with van der Waals surface area (Å²) in [6, 6.07) is 4.87. The van der Waals surface area contributed by atoms with Gasteiger partial charge in [0.2, 0.25) is 10.0 Å². The molecule has 0 aromatic heterocycles. The monoisotopic (exact) mass is 417 g/mol. The van der Waals surface area contributed by atoms with Crippen molar-refractivity contribution in [3.63, 3.8) is 0 Å². The molecule has 0 bridgehead atoms. The lowest BCUT2D eigenvalue weighted by molar-refractivity contribution is 0.0660. The van der Waals surface area contributed by atoms with Gasteiger partial charge in [0.15, 0.2) is 0 Å². The highest BCUT2D eigenvalue weighted by atomic mass is 35.5. The fourth-order valence-electron chi connectivity index (χ4n) is 3.50. The van der Waals surface area contributed by atoms with Crippen LogP contribution in [0.4, 0.5) is 0 Å². The van der Waals surface area contributed by atoms with Crippen molar-refractivity contribution in [2.45, 2.75) is 51.5 Å². The number of nitrogens with zero attached hydrogens (tertiary/aromatic N) is 2. The SMILES string of the molecule is CCN(CC)S(=O)(=O)c1ccc(C)c(C(=O)N2CCCC(C(C)N)C2)c1.Cl. The molecule has 1 aliphatic heterocycles. The molecule has 2 unspecified atom stereocenters. The lowest BCUT2D eigenvalue weighted by Gasteiger charge is -2.35. The van der Waals surface area contributed by atoms with Crippen LogP contribution >= 0.6 is 12.4 Å². The van der Waals surface area contributed by atoms with E-state index in [1.807, 2.05) is 32.6 Å². The molecule has 8 heteroatoms. The second kappa shape index (κ2) is 9.87. The maximum atomic E-state index is 13.1. The van der Waals surface area contributed by atoms with E-state index in [2.05, 4.69) is 0 Å². The Kier molecular flexibility index (Phi) is 8.73.